The van der Waals surface area contributed by atoms with Gasteiger partial charge in [0, 0.05) is 18.1 Å². The van der Waals surface area contributed by atoms with Gasteiger partial charge in [-0.05, 0) is 101 Å². The van der Waals surface area contributed by atoms with Crippen LogP contribution in [0.15, 0.2) is 110 Å². The zero-order chi connectivity index (χ0) is 33.3. The maximum absolute atomic E-state index is 12.9. The molecule has 0 saturated carbocycles. The molecule has 0 unspecified atom stereocenters. The summed E-state index contributed by atoms with van der Waals surface area (Å²) in [7, 11) is 0. The molecule has 0 N–H and O–H groups in total. The minimum Gasteiger partial charge on any atom is -0.457 e. The third-order valence-electron chi connectivity index (χ3n) is 7.28. The summed E-state index contributed by atoms with van der Waals surface area (Å²) in [5.74, 6) is -0.661. The van der Waals surface area contributed by atoms with Crippen LogP contribution in [0.2, 0.25) is 0 Å². The van der Waals surface area contributed by atoms with Gasteiger partial charge in [0.05, 0.1) is 11.1 Å². The van der Waals surface area contributed by atoms with E-state index >= 15 is 0 Å². The number of fused-ring (bicyclic) bond motifs is 3. The van der Waals surface area contributed by atoms with Crippen LogP contribution in [0.1, 0.15) is 51.1 Å². The highest BCUT2D eigenvalue weighted by molar-refractivity contribution is 5.92. The SMILES string of the molecule is C=CC(=O)OCOc1ccc(C(=O)Oc2ccc3c(c2)C(CC)c2cc(OC(=O)c4ccc(OCOC(=O)C=C)cc4)ccc2-3)cc1. The van der Waals surface area contributed by atoms with Crippen molar-refractivity contribution < 1.29 is 47.6 Å². The second kappa shape index (κ2) is 14.7. The molecule has 1 aliphatic carbocycles. The molecule has 5 rings (SSSR count). The van der Waals surface area contributed by atoms with E-state index in [4.69, 9.17) is 28.4 Å². The summed E-state index contributed by atoms with van der Waals surface area (Å²) in [4.78, 5) is 48.0. The van der Waals surface area contributed by atoms with E-state index in [-0.39, 0.29) is 19.5 Å². The lowest BCUT2D eigenvalue weighted by atomic mass is 9.94. The molecule has 238 valence electrons. The molecule has 0 spiro atoms. The molecule has 0 amide bonds. The molecule has 4 aromatic carbocycles. The normalized spacial score (nSPS) is 11.3. The predicted molar refractivity (Wildman–Crippen MR) is 170 cm³/mol. The maximum Gasteiger partial charge on any atom is 0.343 e. The Balaban J connectivity index is 1.22. The number of carbonyl (C=O) groups excluding carboxylic acids is 4. The molecule has 0 fully saturated rings. The number of ether oxygens (including phenoxy) is 6. The van der Waals surface area contributed by atoms with Gasteiger partial charge in [-0.1, -0.05) is 32.2 Å². The number of carbonyl (C=O) groups is 4. The minimum absolute atomic E-state index is 0.00412. The standard InChI is InChI=1S/C37H30O10/c1-4-29-32-19-27(46-36(40)23-7-11-25(12-8-23)42-21-44-34(38)5-2)15-17-30(32)31-18-16-28(20-33(29)31)47-37(41)24-9-13-26(14-10-24)43-22-45-35(39)6-3/h5-20,29H,2-4,21-22H2,1H3. The zero-order valence-corrected chi connectivity index (χ0v) is 25.4. The van der Waals surface area contributed by atoms with E-state index in [9.17, 15) is 19.2 Å². The van der Waals surface area contributed by atoms with E-state index in [0.29, 0.717) is 34.1 Å². The lowest BCUT2D eigenvalue weighted by Crippen LogP contribution is -2.10. The highest BCUT2D eigenvalue weighted by Gasteiger charge is 2.29. The first-order chi connectivity index (χ1) is 22.8. The summed E-state index contributed by atoms with van der Waals surface area (Å²) in [5, 5.41) is 0. The molecule has 1 aliphatic rings. The van der Waals surface area contributed by atoms with Crippen molar-refractivity contribution in [3.8, 4) is 34.1 Å². The second-order valence-electron chi connectivity index (χ2n) is 10.1. The Morgan fingerprint density at radius 2 is 0.979 bits per heavy atom. The average molecular weight is 635 g/mol. The maximum atomic E-state index is 12.9. The lowest BCUT2D eigenvalue weighted by molar-refractivity contribution is -0.145. The number of hydrogen-bond acceptors (Lipinski definition) is 10. The van der Waals surface area contributed by atoms with Crippen molar-refractivity contribution in [1.29, 1.82) is 0 Å². The van der Waals surface area contributed by atoms with Crippen molar-refractivity contribution in [3.63, 3.8) is 0 Å². The Labute approximate surface area is 270 Å². The zero-order valence-electron chi connectivity index (χ0n) is 25.4. The van der Waals surface area contributed by atoms with Gasteiger partial charge in [-0.3, -0.25) is 0 Å². The third-order valence-corrected chi connectivity index (χ3v) is 7.28. The Morgan fingerprint density at radius 1 is 0.596 bits per heavy atom. The molecule has 0 heterocycles. The van der Waals surface area contributed by atoms with Gasteiger partial charge in [-0.2, -0.15) is 0 Å². The van der Waals surface area contributed by atoms with Crippen LogP contribution in [0.3, 0.4) is 0 Å². The Bertz CT molecular complexity index is 1690. The summed E-state index contributed by atoms with van der Waals surface area (Å²) in [6, 6.07) is 23.6. The second-order valence-corrected chi connectivity index (χ2v) is 10.1. The van der Waals surface area contributed by atoms with E-state index in [1.807, 2.05) is 24.3 Å². The molecule has 0 saturated heterocycles. The van der Waals surface area contributed by atoms with Gasteiger partial charge >= 0.3 is 23.9 Å². The fourth-order valence-corrected chi connectivity index (χ4v) is 5.02. The highest BCUT2D eigenvalue weighted by Crippen LogP contribution is 2.48. The Kier molecular flexibility index (Phi) is 10.1. The molecular weight excluding hydrogens is 604 g/mol. The van der Waals surface area contributed by atoms with Gasteiger partial charge in [0.15, 0.2) is 0 Å². The molecule has 47 heavy (non-hydrogen) atoms. The minimum atomic E-state index is -0.602. The molecule has 0 radical (unpaired) electrons. The molecule has 0 bridgehead atoms. The molecule has 0 aromatic heterocycles. The topological polar surface area (TPSA) is 124 Å². The smallest absolute Gasteiger partial charge is 0.343 e. The number of rotatable bonds is 13. The summed E-state index contributed by atoms with van der Waals surface area (Å²) in [5.41, 5.74) is 4.67. The first-order valence-electron chi connectivity index (χ1n) is 14.6. The van der Waals surface area contributed by atoms with Gasteiger partial charge in [0.2, 0.25) is 13.6 Å². The van der Waals surface area contributed by atoms with Crippen LogP contribution in [0, 0.1) is 0 Å². The Hall–Kier alpha value is -6.16. The fraction of sp³-hybridized carbons (Fsp3) is 0.135. The molecule has 10 nitrogen and oxygen atoms in total. The van der Waals surface area contributed by atoms with Crippen molar-refractivity contribution in [2.24, 2.45) is 0 Å². The molecule has 0 aliphatic heterocycles. The van der Waals surface area contributed by atoms with E-state index in [1.54, 1.807) is 60.7 Å². The summed E-state index contributed by atoms with van der Waals surface area (Å²) in [6.07, 6.45) is 2.84. The van der Waals surface area contributed by atoms with Crippen LogP contribution in [0.5, 0.6) is 23.0 Å². The van der Waals surface area contributed by atoms with Crippen molar-refractivity contribution >= 4 is 23.9 Å². The van der Waals surface area contributed by atoms with Crippen LogP contribution < -0.4 is 18.9 Å². The molecule has 0 atom stereocenters. The highest BCUT2D eigenvalue weighted by atomic mass is 16.7. The van der Waals surface area contributed by atoms with E-state index in [0.717, 1.165) is 40.8 Å². The van der Waals surface area contributed by atoms with Crippen molar-refractivity contribution in [2.75, 3.05) is 13.6 Å². The van der Waals surface area contributed by atoms with Crippen LogP contribution in [0.4, 0.5) is 0 Å². The summed E-state index contributed by atoms with van der Waals surface area (Å²) in [6.45, 7) is 8.13. The number of benzene rings is 4. The van der Waals surface area contributed by atoms with Gasteiger partial charge in [-0.25, -0.2) is 19.2 Å². The Morgan fingerprint density at radius 3 is 1.34 bits per heavy atom. The summed E-state index contributed by atoms with van der Waals surface area (Å²) < 4.78 is 31.6. The monoisotopic (exact) mass is 634 g/mol. The van der Waals surface area contributed by atoms with Crippen molar-refractivity contribution in [3.05, 3.63) is 132 Å². The van der Waals surface area contributed by atoms with E-state index in [2.05, 4.69) is 20.1 Å². The average Bonchev–Trinajstić information content (AvgIpc) is 3.40. The number of hydrogen-bond donors (Lipinski definition) is 0. The largest absolute Gasteiger partial charge is 0.457 e. The first-order valence-corrected chi connectivity index (χ1v) is 14.6. The first kappa shape index (κ1) is 32.2. The predicted octanol–water partition coefficient (Wildman–Crippen LogP) is 6.78. The van der Waals surface area contributed by atoms with Crippen LogP contribution in [0.25, 0.3) is 11.1 Å². The van der Waals surface area contributed by atoms with Gasteiger partial charge in [-0.15, -0.1) is 0 Å². The van der Waals surface area contributed by atoms with Gasteiger partial charge in [0.1, 0.15) is 23.0 Å². The van der Waals surface area contributed by atoms with Crippen LogP contribution >= 0.6 is 0 Å². The van der Waals surface area contributed by atoms with Gasteiger partial charge in [0.25, 0.3) is 0 Å². The van der Waals surface area contributed by atoms with E-state index < -0.39 is 23.9 Å². The van der Waals surface area contributed by atoms with Crippen LogP contribution in [-0.2, 0) is 19.1 Å². The van der Waals surface area contributed by atoms with Crippen molar-refractivity contribution in [1.82, 2.24) is 0 Å². The summed E-state index contributed by atoms with van der Waals surface area (Å²) >= 11 is 0. The molecule has 10 heteroatoms. The molecule has 4 aromatic rings. The van der Waals surface area contributed by atoms with Crippen LogP contribution in [-0.4, -0.2) is 37.5 Å². The van der Waals surface area contributed by atoms with Gasteiger partial charge < -0.3 is 28.4 Å². The third kappa shape index (κ3) is 7.74. The van der Waals surface area contributed by atoms with Crippen molar-refractivity contribution in [2.45, 2.75) is 19.3 Å². The van der Waals surface area contributed by atoms with E-state index in [1.165, 1.54) is 0 Å². The number of esters is 4. The quantitative estimate of drug-likeness (QED) is 0.0673. The lowest BCUT2D eigenvalue weighted by Gasteiger charge is -2.13. The molecular formula is C37H30O10. The fourth-order valence-electron chi connectivity index (χ4n) is 5.02.